The van der Waals surface area contributed by atoms with Crippen molar-refractivity contribution in [2.24, 2.45) is 5.10 Å². The zero-order valence-corrected chi connectivity index (χ0v) is 4.52. The highest BCUT2D eigenvalue weighted by Crippen LogP contribution is 1.85. The maximum atomic E-state index is 4.13. The molecule has 0 aromatic carbocycles. The molecule has 0 spiro atoms. The van der Waals surface area contributed by atoms with Crippen LogP contribution in [0.25, 0.3) is 0 Å². The van der Waals surface area contributed by atoms with Crippen LogP contribution in [0.15, 0.2) is 17.0 Å². The number of rotatable bonds is 0. The molecule has 2 aliphatic rings. The van der Waals surface area contributed by atoms with Gasteiger partial charge in [-0.3, -0.25) is 0 Å². The van der Waals surface area contributed by atoms with Gasteiger partial charge < -0.3 is 5.32 Å². The van der Waals surface area contributed by atoms with E-state index in [-0.39, 0.29) is 0 Å². The fraction of sp³-hybridized carbons (Fsp3) is 0.400. The van der Waals surface area contributed by atoms with Crippen molar-refractivity contribution in [1.82, 2.24) is 5.32 Å². The van der Waals surface area contributed by atoms with Crippen LogP contribution in [-0.2, 0) is 0 Å². The first-order valence-corrected chi connectivity index (χ1v) is 2.81. The molecule has 8 heavy (non-hydrogen) atoms. The molecule has 3 nitrogen and oxygen atoms in total. The second-order valence-corrected chi connectivity index (χ2v) is 1.98. The van der Waals surface area contributed by atoms with Gasteiger partial charge in [0.2, 0.25) is 5.82 Å². The highest BCUT2D eigenvalue weighted by atomic mass is 15.5. The van der Waals surface area contributed by atoms with E-state index in [1.807, 2.05) is 12.3 Å². The predicted octanol–water partition coefficient (Wildman–Crippen LogP) is -1.68. The van der Waals surface area contributed by atoms with E-state index >= 15 is 0 Å². The second-order valence-electron chi connectivity index (χ2n) is 1.98. The summed E-state index contributed by atoms with van der Waals surface area (Å²) in [4.78, 5) is 0. The Bertz CT molecular complexity index is 159. The van der Waals surface area contributed by atoms with Gasteiger partial charge in [0.15, 0.2) is 0 Å². The van der Waals surface area contributed by atoms with Crippen molar-refractivity contribution >= 4 is 6.21 Å². The van der Waals surface area contributed by atoms with Crippen LogP contribution < -0.4 is 10.3 Å². The zero-order chi connectivity index (χ0) is 5.40. The summed E-state index contributed by atoms with van der Waals surface area (Å²) in [6.07, 6.45) is 3.86. The Kier molecular flexibility index (Phi) is 0.676. The van der Waals surface area contributed by atoms with Gasteiger partial charge in [-0.25, -0.2) is 0 Å². The Morgan fingerprint density at radius 2 is 2.75 bits per heavy atom. The van der Waals surface area contributed by atoms with E-state index in [1.165, 1.54) is 10.8 Å². The molecule has 1 atom stereocenters. The molecule has 1 fully saturated rings. The summed E-state index contributed by atoms with van der Waals surface area (Å²) in [6.45, 7) is 2.17. The SMILES string of the molecule is C1=N[NH+]2CCNC2=C1. The number of hydrogen-bond donors (Lipinski definition) is 2. The smallest absolute Gasteiger partial charge is 0.228 e. The Hall–Kier alpha value is -0.830. The van der Waals surface area contributed by atoms with E-state index < -0.39 is 0 Å². The molecule has 1 unspecified atom stereocenters. The molecular formula is C5H8N3+. The number of quaternary nitrogens is 1. The van der Waals surface area contributed by atoms with Crippen molar-refractivity contribution in [3.63, 3.8) is 0 Å². The molecule has 2 aliphatic heterocycles. The average molecular weight is 110 g/mol. The summed E-state index contributed by atoms with van der Waals surface area (Å²) in [5.41, 5.74) is 0. The van der Waals surface area contributed by atoms with Gasteiger partial charge in [0.25, 0.3) is 0 Å². The van der Waals surface area contributed by atoms with Gasteiger partial charge in [0, 0.05) is 6.08 Å². The fourth-order valence-corrected chi connectivity index (χ4v) is 1.04. The summed E-state index contributed by atoms with van der Waals surface area (Å²) in [7, 11) is 0. The van der Waals surface area contributed by atoms with Crippen LogP contribution >= 0.6 is 0 Å². The van der Waals surface area contributed by atoms with Crippen molar-refractivity contribution in [2.75, 3.05) is 13.1 Å². The maximum absolute atomic E-state index is 4.13. The molecule has 0 aromatic heterocycles. The highest BCUT2D eigenvalue weighted by Gasteiger charge is 2.23. The minimum atomic E-state index is 1.07. The number of nitrogens with zero attached hydrogens (tertiary/aromatic N) is 1. The van der Waals surface area contributed by atoms with Crippen LogP contribution in [0.1, 0.15) is 0 Å². The first-order valence-electron chi connectivity index (χ1n) is 2.81. The quantitative estimate of drug-likeness (QED) is 0.383. The van der Waals surface area contributed by atoms with Gasteiger partial charge in [0.1, 0.15) is 6.54 Å². The molecule has 0 aliphatic carbocycles. The average Bonchev–Trinajstić information content (AvgIpc) is 2.15. The first kappa shape index (κ1) is 4.09. The topological polar surface area (TPSA) is 28.8 Å². The molecule has 0 radical (unpaired) electrons. The third-order valence-electron chi connectivity index (χ3n) is 1.46. The van der Waals surface area contributed by atoms with Crippen molar-refractivity contribution < 1.29 is 5.01 Å². The lowest BCUT2D eigenvalue weighted by molar-refractivity contribution is -0.854. The summed E-state index contributed by atoms with van der Waals surface area (Å²) < 4.78 is 0. The summed E-state index contributed by atoms with van der Waals surface area (Å²) in [5.74, 6) is 1.23. The van der Waals surface area contributed by atoms with Crippen LogP contribution in [0.5, 0.6) is 0 Å². The van der Waals surface area contributed by atoms with E-state index in [0.717, 1.165) is 13.1 Å². The van der Waals surface area contributed by atoms with Crippen molar-refractivity contribution in [3.05, 3.63) is 11.9 Å². The number of hydrogen-bond acceptors (Lipinski definition) is 2. The third-order valence-corrected chi connectivity index (χ3v) is 1.46. The molecular weight excluding hydrogens is 102 g/mol. The Morgan fingerprint density at radius 1 is 1.75 bits per heavy atom. The van der Waals surface area contributed by atoms with Crippen LogP contribution in [0.4, 0.5) is 0 Å². The number of allylic oxidation sites excluding steroid dienone is 1. The summed E-state index contributed by atoms with van der Waals surface area (Å²) >= 11 is 0. The lowest BCUT2D eigenvalue weighted by atomic mass is 10.6. The molecule has 0 aromatic rings. The Balaban J connectivity index is 2.29. The van der Waals surface area contributed by atoms with Gasteiger partial charge in [-0.15, -0.1) is 0 Å². The Labute approximate surface area is 47.7 Å². The summed E-state index contributed by atoms with van der Waals surface area (Å²) in [5, 5.41) is 8.58. The largest absolute Gasteiger partial charge is 0.334 e. The molecule has 42 valence electrons. The highest BCUT2D eigenvalue weighted by molar-refractivity contribution is 5.72. The van der Waals surface area contributed by atoms with Crippen LogP contribution in [-0.4, -0.2) is 19.3 Å². The van der Waals surface area contributed by atoms with E-state index in [1.54, 1.807) is 0 Å². The molecule has 0 saturated carbocycles. The lowest BCUT2D eigenvalue weighted by Crippen LogP contribution is -3.03. The number of nitrogens with one attached hydrogen (secondary N) is 2. The van der Waals surface area contributed by atoms with Crippen molar-refractivity contribution in [2.45, 2.75) is 0 Å². The van der Waals surface area contributed by atoms with Gasteiger partial charge in [-0.05, 0) is 0 Å². The first-order chi connectivity index (χ1) is 3.97. The molecule has 0 amide bonds. The maximum Gasteiger partial charge on any atom is 0.228 e. The molecule has 2 rings (SSSR count). The zero-order valence-electron chi connectivity index (χ0n) is 4.52. The minimum absolute atomic E-state index is 1.07. The standard InChI is InChI=1S/C5H7N3/c1-2-7-8-4-3-6-5(1)8/h1-2,6H,3-4H2/p+1. The van der Waals surface area contributed by atoms with E-state index in [2.05, 4.69) is 10.4 Å². The third kappa shape index (κ3) is 0.391. The Morgan fingerprint density at radius 3 is 3.62 bits per heavy atom. The van der Waals surface area contributed by atoms with E-state index in [0.29, 0.717) is 0 Å². The molecule has 2 heterocycles. The van der Waals surface area contributed by atoms with Crippen LogP contribution in [0.3, 0.4) is 0 Å². The van der Waals surface area contributed by atoms with Gasteiger partial charge >= 0.3 is 0 Å². The lowest BCUT2D eigenvalue weighted by Gasteiger charge is -1.95. The van der Waals surface area contributed by atoms with Crippen LogP contribution in [0.2, 0.25) is 0 Å². The fourth-order valence-electron chi connectivity index (χ4n) is 1.04. The molecule has 2 N–H and O–H groups in total. The molecule has 3 heteroatoms. The summed E-state index contributed by atoms with van der Waals surface area (Å²) in [6, 6.07) is 0. The van der Waals surface area contributed by atoms with Gasteiger partial charge in [-0.2, -0.15) is 5.01 Å². The van der Waals surface area contributed by atoms with Gasteiger partial charge in [0.05, 0.1) is 12.8 Å². The van der Waals surface area contributed by atoms with E-state index in [9.17, 15) is 0 Å². The number of fused-ring (bicyclic) bond motifs is 1. The van der Waals surface area contributed by atoms with E-state index in [4.69, 9.17) is 0 Å². The van der Waals surface area contributed by atoms with Crippen LogP contribution in [0, 0.1) is 0 Å². The van der Waals surface area contributed by atoms with Gasteiger partial charge in [-0.1, -0.05) is 5.10 Å². The van der Waals surface area contributed by atoms with Crippen molar-refractivity contribution in [1.29, 1.82) is 0 Å². The minimum Gasteiger partial charge on any atom is -0.334 e. The second kappa shape index (κ2) is 1.32. The molecule has 1 saturated heterocycles. The monoisotopic (exact) mass is 110 g/mol. The molecule has 0 bridgehead atoms. The van der Waals surface area contributed by atoms with Crippen molar-refractivity contribution in [3.8, 4) is 0 Å². The normalized spacial score (nSPS) is 32.0. The predicted molar refractivity (Wildman–Crippen MR) is 30.4 cm³/mol.